The second kappa shape index (κ2) is 8.06. The number of carbonyl (C=O) groups excluding carboxylic acids is 2. The number of pyridine rings is 1. The van der Waals surface area contributed by atoms with Crippen molar-refractivity contribution in [2.45, 2.75) is 20.0 Å². The maximum atomic E-state index is 12.5. The second-order valence-corrected chi connectivity index (χ2v) is 6.98. The van der Waals surface area contributed by atoms with E-state index in [4.69, 9.17) is 0 Å². The number of carbonyl (C=O) groups is 2. The Bertz CT molecular complexity index is 1170. The SMILES string of the molecule is Cc1ccc(C(=O)C[n+]2ccn(CC(=O)Nc3cccc4cccnc34)c2)cc1. The number of anilines is 1. The first-order valence-electron chi connectivity index (χ1n) is 9.37. The lowest BCUT2D eigenvalue weighted by molar-refractivity contribution is -0.682. The highest BCUT2D eigenvalue weighted by molar-refractivity contribution is 6.00. The Morgan fingerprint density at radius 3 is 2.69 bits per heavy atom. The average Bonchev–Trinajstić information content (AvgIpc) is 3.15. The number of benzene rings is 2. The molecular formula is C23H21N4O2+. The minimum absolute atomic E-state index is 0.0269. The highest BCUT2D eigenvalue weighted by Gasteiger charge is 2.14. The molecule has 29 heavy (non-hydrogen) atoms. The molecule has 2 aromatic heterocycles. The molecule has 4 aromatic rings. The molecule has 1 N–H and O–H groups in total. The molecule has 0 radical (unpaired) electrons. The lowest BCUT2D eigenvalue weighted by Gasteiger charge is -2.06. The van der Waals surface area contributed by atoms with Crippen LogP contribution in [0.2, 0.25) is 0 Å². The normalized spacial score (nSPS) is 10.8. The maximum Gasteiger partial charge on any atom is 0.266 e. The van der Waals surface area contributed by atoms with Crippen molar-refractivity contribution in [3.63, 3.8) is 0 Å². The number of rotatable bonds is 6. The van der Waals surface area contributed by atoms with Crippen LogP contribution >= 0.6 is 0 Å². The number of hydrogen-bond acceptors (Lipinski definition) is 3. The van der Waals surface area contributed by atoms with Crippen molar-refractivity contribution < 1.29 is 14.2 Å². The Morgan fingerprint density at radius 2 is 1.86 bits per heavy atom. The van der Waals surface area contributed by atoms with E-state index in [2.05, 4.69) is 10.3 Å². The average molecular weight is 385 g/mol. The van der Waals surface area contributed by atoms with Gasteiger partial charge in [-0.15, -0.1) is 0 Å². The van der Waals surface area contributed by atoms with Crippen molar-refractivity contribution in [1.82, 2.24) is 9.55 Å². The molecule has 0 bridgehead atoms. The zero-order valence-electron chi connectivity index (χ0n) is 16.1. The molecule has 0 atom stereocenters. The summed E-state index contributed by atoms with van der Waals surface area (Å²) in [7, 11) is 0. The topological polar surface area (TPSA) is 67.9 Å². The number of fused-ring (bicyclic) bond motifs is 1. The maximum absolute atomic E-state index is 12.5. The van der Waals surface area contributed by atoms with Gasteiger partial charge in [0.25, 0.3) is 5.91 Å². The van der Waals surface area contributed by atoms with Gasteiger partial charge in [0.15, 0.2) is 13.1 Å². The van der Waals surface area contributed by atoms with E-state index in [-0.39, 0.29) is 24.8 Å². The summed E-state index contributed by atoms with van der Waals surface area (Å²) in [6, 6.07) is 17.0. The van der Waals surface area contributed by atoms with Gasteiger partial charge in [0.05, 0.1) is 11.2 Å². The number of para-hydroxylation sites is 1. The zero-order valence-corrected chi connectivity index (χ0v) is 16.1. The van der Waals surface area contributed by atoms with E-state index < -0.39 is 0 Å². The third-order valence-corrected chi connectivity index (χ3v) is 4.68. The monoisotopic (exact) mass is 385 g/mol. The number of imidazole rings is 1. The predicted octanol–water partition coefficient (Wildman–Crippen LogP) is 3.15. The Hall–Kier alpha value is -3.80. The molecule has 144 valence electrons. The van der Waals surface area contributed by atoms with Gasteiger partial charge in [0.1, 0.15) is 12.4 Å². The Kier molecular flexibility index (Phi) is 5.16. The van der Waals surface area contributed by atoms with Crippen molar-refractivity contribution in [3.05, 3.63) is 90.6 Å². The van der Waals surface area contributed by atoms with Crippen LogP contribution in [0.25, 0.3) is 10.9 Å². The molecule has 2 heterocycles. The van der Waals surface area contributed by atoms with Crippen LogP contribution in [0.15, 0.2) is 79.5 Å². The van der Waals surface area contributed by atoms with Gasteiger partial charge in [-0.25, -0.2) is 9.13 Å². The fourth-order valence-electron chi connectivity index (χ4n) is 3.18. The summed E-state index contributed by atoms with van der Waals surface area (Å²) in [5.74, 6) is -0.130. The van der Waals surface area contributed by atoms with E-state index in [1.165, 1.54) is 0 Å². The molecule has 6 heteroatoms. The molecule has 0 unspecified atom stereocenters. The number of Topliss-reactive ketones (excluding diaryl/α,β-unsaturated/α-hetero) is 1. The van der Waals surface area contributed by atoms with Crippen molar-refractivity contribution in [2.24, 2.45) is 0 Å². The fourth-order valence-corrected chi connectivity index (χ4v) is 3.18. The zero-order chi connectivity index (χ0) is 20.2. The Morgan fingerprint density at radius 1 is 1.07 bits per heavy atom. The molecule has 0 fully saturated rings. The van der Waals surface area contributed by atoms with Gasteiger partial charge in [-0.3, -0.25) is 14.6 Å². The predicted molar refractivity (Wildman–Crippen MR) is 111 cm³/mol. The molecule has 0 spiro atoms. The number of nitrogens with one attached hydrogen (secondary N) is 1. The summed E-state index contributed by atoms with van der Waals surface area (Å²) in [4.78, 5) is 29.2. The fraction of sp³-hybridized carbons (Fsp3) is 0.130. The summed E-state index contributed by atoms with van der Waals surface area (Å²) in [6.45, 7) is 2.36. The summed E-state index contributed by atoms with van der Waals surface area (Å²) in [6.07, 6.45) is 7.03. The van der Waals surface area contributed by atoms with Crippen LogP contribution in [-0.4, -0.2) is 21.2 Å². The van der Waals surface area contributed by atoms with Crippen molar-refractivity contribution in [3.8, 4) is 0 Å². The summed E-state index contributed by atoms with van der Waals surface area (Å²) >= 11 is 0. The minimum atomic E-state index is -0.157. The van der Waals surface area contributed by atoms with E-state index in [9.17, 15) is 9.59 Å². The van der Waals surface area contributed by atoms with Crippen LogP contribution in [0.4, 0.5) is 5.69 Å². The quantitative estimate of drug-likeness (QED) is 0.410. The van der Waals surface area contributed by atoms with Gasteiger partial charge >= 0.3 is 0 Å². The molecule has 0 aliphatic carbocycles. The van der Waals surface area contributed by atoms with E-state index in [1.807, 2.05) is 61.5 Å². The molecule has 0 saturated heterocycles. The Balaban J connectivity index is 1.40. The van der Waals surface area contributed by atoms with Crippen LogP contribution in [0.1, 0.15) is 15.9 Å². The third-order valence-electron chi connectivity index (χ3n) is 4.68. The number of amides is 1. The van der Waals surface area contributed by atoms with E-state index in [0.717, 1.165) is 16.5 Å². The van der Waals surface area contributed by atoms with Gasteiger partial charge in [-0.05, 0) is 19.1 Å². The lowest BCUT2D eigenvalue weighted by atomic mass is 10.1. The van der Waals surface area contributed by atoms with E-state index >= 15 is 0 Å². The highest BCUT2D eigenvalue weighted by Crippen LogP contribution is 2.20. The number of nitrogens with zero attached hydrogens (tertiary/aromatic N) is 3. The van der Waals surface area contributed by atoms with Crippen LogP contribution in [0.5, 0.6) is 0 Å². The lowest BCUT2D eigenvalue weighted by Crippen LogP contribution is -2.36. The van der Waals surface area contributed by atoms with Crippen molar-refractivity contribution >= 4 is 28.3 Å². The van der Waals surface area contributed by atoms with Crippen LogP contribution in [0, 0.1) is 6.92 Å². The summed E-state index contributed by atoms with van der Waals surface area (Å²) in [5.41, 5.74) is 3.24. The molecule has 0 aliphatic rings. The molecule has 6 nitrogen and oxygen atoms in total. The standard InChI is InChI=1S/C23H20N4O2/c1-17-7-9-18(10-8-17)21(28)14-26-12-13-27(16-26)15-22(29)25-20-6-2-4-19-5-3-11-24-23(19)20/h2-13,16H,14-15H2,1H3/p+1. The highest BCUT2D eigenvalue weighted by atomic mass is 16.2. The van der Waals surface area contributed by atoms with Gasteiger partial charge in [-0.1, -0.05) is 48.0 Å². The largest absolute Gasteiger partial charge is 0.321 e. The van der Waals surface area contributed by atoms with Crippen LogP contribution in [0.3, 0.4) is 0 Å². The first kappa shape index (κ1) is 18.6. The second-order valence-electron chi connectivity index (χ2n) is 6.98. The Labute approximate surface area is 168 Å². The van der Waals surface area contributed by atoms with Gasteiger partial charge < -0.3 is 5.32 Å². The van der Waals surface area contributed by atoms with Gasteiger partial charge in [-0.2, -0.15) is 0 Å². The van der Waals surface area contributed by atoms with Crippen molar-refractivity contribution in [1.29, 1.82) is 0 Å². The number of hydrogen-bond donors (Lipinski definition) is 1. The minimum Gasteiger partial charge on any atom is -0.321 e. The van der Waals surface area contributed by atoms with Gasteiger partial charge in [0, 0.05) is 17.1 Å². The number of aromatic nitrogens is 3. The molecule has 0 aliphatic heterocycles. The third kappa shape index (κ3) is 4.38. The molecule has 4 rings (SSSR count). The number of ketones is 1. The van der Waals surface area contributed by atoms with E-state index in [0.29, 0.717) is 11.3 Å². The summed E-state index contributed by atoms with van der Waals surface area (Å²) < 4.78 is 3.52. The summed E-state index contributed by atoms with van der Waals surface area (Å²) in [5, 5.41) is 3.89. The van der Waals surface area contributed by atoms with Crippen molar-refractivity contribution in [2.75, 3.05) is 5.32 Å². The first-order chi connectivity index (χ1) is 14.1. The van der Waals surface area contributed by atoms with E-state index in [1.54, 1.807) is 34.1 Å². The molecule has 0 saturated carbocycles. The molecular weight excluding hydrogens is 364 g/mol. The van der Waals surface area contributed by atoms with Gasteiger partial charge in [0.2, 0.25) is 12.1 Å². The molecule has 2 aromatic carbocycles. The number of aryl methyl sites for hydroxylation is 1. The van der Waals surface area contributed by atoms with Crippen LogP contribution in [-0.2, 0) is 17.9 Å². The first-order valence-corrected chi connectivity index (χ1v) is 9.37. The van der Waals surface area contributed by atoms with Crippen LogP contribution < -0.4 is 9.88 Å². The molecule has 1 amide bonds. The smallest absolute Gasteiger partial charge is 0.266 e.